The fourth-order valence-electron chi connectivity index (χ4n) is 1.96. The zero-order valence-electron chi connectivity index (χ0n) is 9.58. The SMILES string of the molecule is CC(C)(C)CN1CCC(O)(CO)CC1. The van der Waals surface area contributed by atoms with Crippen LogP contribution < -0.4 is 0 Å². The highest BCUT2D eigenvalue weighted by Gasteiger charge is 2.32. The van der Waals surface area contributed by atoms with Gasteiger partial charge >= 0.3 is 0 Å². The summed E-state index contributed by atoms with van der Waals surface area (Å²) in [6.07, 6.45) is 1.39. The molecule has 3 nitrogen and oxygen atoms in total. The summed E-state index contributed by atoms with van der Waals surface area (Å²) < 4.78 is 0. The van der Waals surface area contributed by atoms with Gasteiger partial charge in [-0.1, -0.05) is 20.8 Å². The number of hydrogen-bond donors (Lipinski definition) is 2. The lowest BCUT2D eigenvalue weighted by Gasteiger charge is -2.39. The second-order valence-electron chi connectivity index (χ2n) is 5.72. The smallest absolute Gasteiger partial charge is 0.0901 e. The number of aliphatic hydroxyl groups is 2. The number of hydrogen-bond acceptors (Lipinski definition) is 3. The van der Waals surface area contributed by atoms with Gasteiger partial charge in [0.1, 0.15) is 0 Å². The van der Waals surface area contributed by atoms with Crippen LogP contribution in [-0.2, 0) is 0 Å². The van der Waals surface area contributed by atoms with Gasteiger partial charge in [-0.05, 0) is 18.3 Å². The molecule has 1 aliphatic heterocycles. The zero-order chi connectivity index (χ0) is 10.8. The van der Waals surface area contributed by atoms with Crippen LogP contribution in [0.2, 0.25) is 0 Å². The summed E-state index contributed by atoms with van der Waals surface area (Å²) in [6, 6.07) is 0. The Labute approximate surface area is 86.7 Å². The Hall–Kier alpha value is -0.120. The van der Waals surface area contributed by atoms with Gasteiger partial charge in [-0.3, -0.25) is 0 Å². The van der Waals surface area contributed by atoms with Crippen LogP contribution in [0.5, 0.6) is 0 Å². The fourth-order valence-corrected chi connectivity index (χ4v) is 1.96. The van der Waals surface area contributed by atoms with E-state index < -0.39 is 5.60 Å². The molecule has 0 unspecified atom stereocenters. The Balaban J connectivity index is 2.36. The van der Waals surface area contributed by atoms with E-state index in [0.29, 0.717) is 18.3 Å². The van der Waals surface area contributed by atoms with E-state index >= 15 is 0 Å². The number of likely N-dealkylation sites (tertiary alicyclic amines) is 1. The first-order valence-electron chi connectivity index (χ1n) is 5.40. The van der Waals surface area contributed by atoms with E-state index in [-0.39, 0.29) is 6.61 Å². The number of rotatable bonds is 2. The molecule has 0 saturated carbocycles. The largest absolute Gasteiger partial charge is 0.393 e. The van der Waals surface area contributed by atoms with Crippen LogP contribution in [0.3, 0.4) is 0 Å². The first-order valence-corrected chi connectivity index (χ1v) is 5.40. The first-order chi connectivity index (χ1) is 6.35. The second-order valence-corrected chi connectivity index (χ2v) is 5.72. The van der Waals surface area contributed by atoms with Crippen LogP contribution in [0.1, 0.15) is 33.6 Å². The third-order valence-corrected chi connectivity index (χ3v) is 2.78. The molecular formula is C11H23NO2. The molecule has 1 aliphatic rings. The molecule has 1 rings (SSSR count). The van der Waals surface area contributed by atoms with E-state index in [1.54, 1.807) is 0 Å². The normalized spacial score (nSPS) is 23.8. The molecule has 0 atom stereocenters. The number of aliphatic hydroxyl groups excluding tert-OH is 1. The average Bonchev–Trinajstić information content (AvgIpc) is 2.07. The van der Waals surface area contributed by atoms with E-state index in [2.05, 4.69) is 25.7 Å². The summed E-state index contributed by atoms with van der Waals surface area (Å²) in [6.45, 7) is 9.42. The van der Waals surface area contributed by atoms with Gasteiger partial charge in [-0.25, -0.2) is 0 Å². The van der Waals surface area contributed by atoms with Crippen LogP contribution in [0.25, 0.3) is 0 Å². The summed E-state index contributed by atoms with van der Waals surface area (Å²) in [7, 11) is 0. The minimum Gasteiger partial charge on any atom is -0.393 e. The predicted molar refractivity (Wildman–Crippen MR) is 57.2 cm³/mol. The Morgan fingerprint density at radius 2 is 1.71 bits per heavy atom. The Bertz CT molecular complexity index is 178. The van der Waals surface area contributed by atoms with Crippen molar-refractivity contribution in [2.75, 3.05) is 26.2 Å². The van der Waals surface area contributed by atoms with E-state index in [9.17, 15) is 5.11 Å². The van der Waals surface area contributed by atoms with Crippen LogP contribution in [0.15, 0.2) is 0 Å². The van der Waals surface area contributed by atoms with Crippen molar-refractivity contribution in [2.24, 2.45) is 5.41 Å². The lowest BCUT2D eigenvalue weighted by molar-refractivity contribution is -0.0630. The maximum atomic E-state index is 9.82. The molecule has 0 aliphatic carbocycles. The van der Waals surface area contributed by atoms with E-state index in [0.717, 1.165) is 19.6 Å². The Morgan fingerprint density at radius 1 is 1.21 bits per heavy atom. The standard InChI is InChI=1S/C11H23NO2/c1-10(2,3)8-12-6-4-11(14,9-13)5-7-12/h13-14H,4-9H2,1-3H3. The molecule has 0 aromatic rings. The molecule has 3 heteroatoms. The van der Waals surface area contributed by atoms with Gasteiger partial charge in [-0.2, -0.15) is 0 Å². The molecular weight excluding hydrogens is 178 g/mol. The van der Waals surface area contributed by atoms with E-state index in [1.165, 1.54) is 0 Å². The molecule has 0 spiro atoms. The molecule has 1 saturated heterocycles. The third kappa shape index (κ3) is 3.56. The van der Waals surface area contributed by atoms with Crippen molar-refractivity contribution in [1.82, 2.24) is 4.90 Å². The first kappa shape index (κ1) is 12.0. The predicted octanol–water partition coefficient (Wildman–Crippen LogP) is 0.852. The molecule has 1 heterocycles. The van der Waals surface area contributed by atoms with Crippen molar-refractivity contribution >= 4 is 0 Å². The number of nitrogens with zero attached hydrogens (tertiary/aromatic N) is 1. The van der Waals surface area contributed by atoms with Gasteiger partial charge in [0.15, 0.2) is 0 Å². The van der Waals surface area contributed by atoms with Gasteiger partial charge in [0.2, 0.25) is 0 Å². The molecule has 14 heavy (non-hydrogen) atoms. The molecule has 0 radical (unpaired) electrons. The van der Waals surface area contributed by atoms with Crippen molar-refractivity contribution in [3.63, 3.8) is 0 Å². The minimum atomic E-state index is -0.811. The zero-order valence-corrected chi connectivity index (χ0v) is 9.58. The molecule has 0 amide bonds. The van der Waals surface area contributed by atoms with Gasteiger partial charge in [-0.15, -0.1) is 0 Å². The van der Waals surface area contributed by atoms with Gasteiger partial charge in [0.25, 0.3) is 0 Å². The van der Waals surface area contributed by atoms with Crippen molar-refractivity contribution in [1.29, 1.82) is 0 Å². The summed E-state index contributed by atoms with van der Waals surface area (Å²) in [5.41, 5.74) is -0.497. The lowest BCUT2D eigenvalue weighted by atomic mass is 9.89. The van der Waals surface area contributed by atoms with E-state index in [4.69, 9.17) is 5.11 Å². The lowest BCUT2D eigenvalue weighted by Crippen LogP contribution is -2.48. The van der Waals surface area contributed by atoms with Crippen LogP contribution in [0.4, 0.5) is 0 Å². The summed E-state index contributed by atoms with van der Waals surface area (Å²) in [5.74, 6) is 0. The van der Waals surface area contributed by atoms with Crippen molar-refractivity contribution < 1.29 is 10.2 Å². The minimum absolute atomic E-state index is 0.101. The van der Waals surface area contributed by atoms with Gasteiger partial charge < -0.3 is 15.1 Å². The summed E-state index contributed by atoms with van der Waals surface area (Å²) in [5, 5.41) is 18.8. The molecule has 1 fully saturated rings. The topological polar surface area (TPSA) is 43.7 Å². The highest BCUT2D eigenvalue weighted by Crippen LogP contribution is 2.24. The summed E-state index contributed by atoms with van der Waals surface area (Å²) in [4.78, 5) is 2.37. The molecule has 84 valence electrons. The van der Waals surface area contributed by atoms with Crippen LogP contribution in [0, 0.1) is 5.41 Å². The Kier molecular flexibility index (Phi) is 3.56. The fraction of sp³-hybridized carbons (Fsp3) is 1.00. The maximum Gasteiger partial charge on any atom is 0.0901 e. The average molecular weight is 201 g/mol. The third-order valence-electron chi connectivity index (χ3n) is 2.78. The molecule has 0 bridgehead atoms. The second kappa shape index (κ2) is 4.17. The van der Waals surface area contributed by atoms with Crippen LogP contribution in [-0.4, -0.2) is 47.0 Å². The van der Waals surface area contributed by atoms with Crippen molar-refractivity contribution in [2.45, 2.75) is 39.2 Å². The maximum absolute atomic E-state index is 9.82. The highest BCUT2D eigenvalue weighted by molar-refractivity contribution is 4.86. The molecule has 0 aromatic carbocycles. The van der Waals surface area contributed by atoms with Crippen molar-refractivity contribution in [3.05, 3.63) is 0 Å². The van der Waals surface area contributed by atoms with Gasteiger partial charge in [0.05, 0.1) is 12.2 Å². The Morgan fingerprint density at radius 3 is 2.07 bits per heavy atom. The van der Waals surface area contributed by atoms with Crippen LogP contribution >= 0.6 is 0 Å². The monoisotopic (exact) mass is 201 g/mol. The quantitative estimate of drug-likeness (QED) is 0.696. The van der Waals surface area contributed by atoms with Crippen molar-refractivity contribution in [3.8, 4) is 0 Å². The van der Waals surface area contributed by atoms with Gasteiger partial charge in [0, 0.05) is 19.6 Å². The molecule has 2 N–H and O–H groups in total. The number of piperidine rings is 1. The molecule has 0 aromatic heterocycles. The highest BCUT2D eigenvalue weighted by atomic mass is 16.3. The van der Waals surface area contributed by atoms with E-state index in [1.807, 2.05) is 0 Å². The summed E-state index contributed by atoms with van der Waals surface area (Å²) >= 11 is 0.